The van der Waals surface area contributed by atoms with Crippen LogP contribution in [0.2, 0.25) is 0 Å². The number of alkyl carbamates (subject to hydrolysis) is 3. The van der Waals surface area contributed by atoms with E-state index >= 15 is 0 Å². The van der Waals surface area contributed by atoms with Crippen molar-refractivity contribution in [2.24, 2.45) is 5.73 Å². The van der Waals surface area contributed by atoms with E-state index in [4.69, 9.17) is 54.5 Å². The number of halogens is 3. The summed E-state index contributed by atoms with van der Waals surface area (Å²) in [6.07, 6.45) is 0.0272. The van der Waals surface area contributed by atoms with Gasteiger partial charge in [-0.25, -0.2) is 24.0 Å². The summed E-state index contributed by atoms with van der Waals surface area (Å²) in [6.45, 7) is 48.8. The number of benzene rings is 4. The number of rotatable bonds is 17. The molecular formula is C75H123B3Br3N4O17. The van der Waals surface area contributed by atoms with Crippen molar-refractivity contribution in [2.45, 2.75) is 274 Å². The molecule has 0 bridgehead atoms. The Morgan fingerprint density at radius 3 is 0.775 bits per heavy atom. The number of hydrogen-bond donors (Lipinski definition) is 9. The number of ether oxygens (including phenoxy) is 6. The molecule has 0 unspecified atom stereocenters. The van der Waals surface area contributed by atoms with Gasteiger partial charge < -0.3 is 80.3 Å². The predicted molar refractivity (Wildman–Crippen MR) is 423 cm³/mol. The van der Waals surface area contributed by atoms with E-state index in [1.807, 2.05) is 161 Å². The number of carbonyl (C=O) groups excluding carboxylic acids is 5. The Morgan fingerprint density at radius 1 is 0.363 bits per heavy atom. The third kappa shape index (κ3) is 60.1. The highest BCUT2D eigenvalue weighted by molar-refractivity contribution is 9.11. The second kappa shape index (κ2) is 47.4. The van der Waals surface area contributed by atoms with Gasteiger partial charge in [0.25, 0.3) is 0 Å². The second-order valence-electron chi connectivity index (χ2n) is 31.3. The average Bonchev–Trinajstić information content (AvgIpc) is 0.836. The summed E-state index contributed by atoms with van der Waals surface area (Å²) in [7, 11) is 9.65. The Hall–Kier alpha value is -5.22. The number of carbonyl (C=O) groups is 5. The van der Waals surface area contributed by atoms with Crippen LogP contribution in [0.25, 0.3) is 0 Å². The van der Waals surface area contributed by atoms with E-state index in [0.29, 0.717) is 19.6 Å². The van der Waals surface area contributed by atoms with Crippen LogP contribution in [0, 0.1) is 0 Å². The largest absolute Gasteiger partial charge is 0.519 e. The van der Waals surface area contributed by atoms with Gasteiger partial charge in [0.1, 0.15) is 28.0 Å². The summed E-state index contributed by atoms with van der Waals surface area (Å²) < 4.78 is 38.2. The summed E-state index contributed by atoms with van der Waals surface area (Å²) in [5.41, 5.74) is 2.65. The minimum Gasteiger partial charge on any atom is -0.444 e. The van der Waals surface area contributed by atoms with Gasteiger partial charge in [0, 0.05) is 48.5 Å². The quantitative estimate of drug-likeness (QED) is 0.0205. The van der Waals surface area contributed by atoms with Crippen LogP contribution in [-0.4, -0.2) is 167 Å². The van der Waals surface area contributed by atoms with Crippen LogP contribution in [0.4, 0.5) is 24.0 Å². The molecule has 102 heavy (non-hydrogen) atoms. The SMILES string of the molecule is CC(C)(C)OC(=O)NCCc1ccc(Br)cc1.CC(C)(C)OC(=O)NCCc1ccc(Br)cc1.CC(C)(C)OC(=O)NCCc1ccc([B]OC(C)(C)C(C)(C)O)cc1.CC(C)(C)OC(=O)OC(=O)OC(C)(C)C.CC(C)(O)C(C)(C)O.CC(C)(O)C(C)(C)O.NCCc1ccc(Br)cc1.[B][B]. The molecule has 4 aromatic rings. The summed E-state index contributed by atoms with van der Waals surface area (Å²) in [5, 5.41) is 54.7. The van der Waals surface area contributed by atoms with Crippen molar-refractivity contribution >= 4 is 107 Å². The number of hydrogen-bond acceptors (Lipinski definition) is 18. The lowest BCUT2D eigenvalue weighted by atomic mass is 9.81. The highest BCUT2D eigenvalue weighted by atomic mass is 79.9. The van der Waals surface area contributed by atoms with Crippen molar-refractivity contribution < 1.29 is 82.6 Å². The molecule has 0 saturated carbocycles. The molecule has 0 aliphatic carbocycles. The van der Waals surface area contributed by atoms with E-state index in [0.717, 1.165) is 56.7 Å². The lowest BCUT2D eigenvalue weighted by molar-refractivity contribution is -0.107. The van der Waals surface area contributed by atoms with E-state index < -0.39 is 80.0 Å². The number of aliphatic hydroxyl groups is 5. The fraction of sp³-hybridized carbons (Fsp3) is 0.613. The van der Waals surface area contributed by atoms with E-state index in [9.17, 15) is 29.1 Å². The van der Waals surface area contributed by atoms with E-state index in [-0.39, 0.29) is 12.2 Å². The highest BCUT2D eigenvalue weighted by Gasteiger charge is 2.36. The second-order valence-corrected chi connectivity index (χ2v) is 34.0. The standard InChI is InChI=1S/C19H31BNO4.2C13H18BrNO2.C10H18O5.C8H10BrN.2C6H14O2.B2/c1-17(2,3)24-16(22)21-13-12-14-8-10-15(11-9-14)20-25-19(6,7)18(4,5)23;2*1-13(2,3)17-12(16)15-9-8-10-4-6-11(14)7-5-10;1-9(2,3)14-7(11)13-8(12)15-10(4,5)6;9-8-3-1-7(2-4-8)5-6-10;2*1-5(2,7)6(3,4)8;1-2/h8-11,23H,12-13H2,1-7H3,(H,21,22);2*4-7H,8-9H2,1-3H3,(H,15,16);1-6H3;1-4H,5-6,10H2;2*7-8H,1-4H3;. The molecule has 21 nitrogen and oxygen atoms in total. The minimum absolute atomic E-state index is 0.366. The first-order valence-corrected chi connectivity index (χ1v) is 35.8. The summed E-state index contributed by atoms with van der Waals surface area (Å²) in [6, 6.07) is 32.2. The first-order chi connectivity index (χ1) is 45.9. The zero-order valence-electron chi connectivity index (χ0n) is 66.0. The summed E-state index contributed by atoms with van der Waals surface area (Å²) in [5.74, 6) is 0. The van der Waals surface area contributed by atoms with Gasteiger partial charge in [-0.15, -0.1) is 0 Å². The van der Waals surface area contributed by atoms with Crippen molar-refractivity contribution in [3.63, 3.8) is 0 Å². The topological polar surface area (TPSA) is 313 Å². The van der Waals surface area contributed by atoms with Gasteiger partial charge in [-0.05, 0) is 278 Å². The lowest BCUT2D eigenvalue weighted by Gasteiger charge is -2.37. The fourth-order valence-corrected chi connectivity index (χ4v) is 6.51. The van der Waals surface area contributed by atoms with Crippen LogP contribution in [0.3, 0.4) is 0 Å². The van der Waals surface area contributed by atoms with Gasteiger partial charge in [-0.3, -0.25) is 0 Å². The molecule has 4 rings (SSSR count). The maximum Gasteiger partial charge on any atom is 0.519 e. The van der Waals surface area contributed by atoms with Crippen molar-refractivity contribution in [3.8, 4) is 0 Å². The zero-order valence-corrected chi connectivity index (χ0v) is 70.7. The molecule has 0 aliphatic rings. The van der Waals surface area contributed by atoms with Crippen molar-refractivity contribution in [1.82, 2.24) is 16.0 Å². The fourth-order valence-electron chi connectivity index (χ4n) is 5.72. The third-order valence-electron chi connectivity index (χ3n) is 13.3. The Morgan fingerprint density at radius 2 is 0.578 bits per heavy atom. The molecule has 0 fully saturated rings. The molecule has 0 aromatic heterocycles. The molecular weight excluding hydrogens is 1500 g/mol. The van der Waals surface area contributed by atoms with Crippen LogP contribution in [0.5, 0.6) is 0 Å². The van der Waals surface area contributed by atoms with Crippen LogP contribution >= 0.6 is 47.8 Å². The van der Waals surface area contributed by atoms with Gasteiger partial charge in [0.2, 0.25) is 0 Å². The summed E-state index contributed by atoms with van der Waals surface area (Å²) in [4.78, 5) is 56.3. The summed E-state index contributed by atoms with van der Waals surface area (Å²) >= 11 is 10.1. The number of nitrogens with one attached hydrogen (secondary N) is 3. The highest BCUT2D eigenvalue weighted by Crippen LogP contribution is 2.25. The maximum atomic E-state index is 11.6. The predicted octanol–water partition coefficient (Wildman–Crippen LogP) is 14.7. The van der Waals surface area contributed by atoms with Crippen LogP contribution in [0.15, 0.2) is 110 Å². The molecule has 3 amide bonds. The average molecular weight is 1620 g/mol. The smallest absolute Gasteiger partial charge is 0.444 e. The zero-order chi connectivity index (χ0) is 80.8. The van der Waals surface area contributed by atoms with Crippen molar-refractivity contribution in [2.75, 3.05) is 26.2 Å². The Kier molecular flexibility index (Phi) is 47.9. The van der Waals surface area contributed by atoms with E-state index in [1.54, 1.807) is 118 Å². The Balaban J connectivity index is -0.000000565. The van der Waals surface area contributed by atoms with Crippen LogP contribution in [-0.2, 0) is 58.8 Å². The van der Waals surface area contributed by atoms with Crippen molar-refractivity contribution in [3.05, 3.63) is 133 Å². The van der Waals surface area contributed by atoms with Gasteiger partial charge in [-0.1, -0.05) is 114 Å². The molecule has 0 spiro atoms. The molecule has 4 aromatic carbocycles. The number of amides is 3. The van der Waals surface area contributed by atoms with Crippen LogP contribution in [0.1, 0.15) is 209 Å². The Bertz CT molecular complexity index is 2820. The number of nitrogens with two attached hydrogens (primary N) is 1. The van der Waals surface area contributed by atoms with E-state index in [1.165, 1.54) is 16.7 Å². The molecule has 0 heterocycles. The molecule has 5 radical (unpaired) electrons. The third-order valence-corrected chi connectivity index (χ3v) is 14.9. The van der Waals surface area contributed by atoms with E-state index in [2.05, 4.69) is 96.1 Å². The molecule has 10 N–H and O–H groups in total. The van der Waals surface area contributed by atoms with Gasteiger partial charge in [-0.2, -0.15) is 0 Å². The Labute approximate surface area is 640 Å². The normalized spacial score (nSPS) is 11.8. The first kappa shape index (κ1) is 103. The van der Waals surface area contributed by atoms with Crippen molar-refractivity contribution in [1.29, 1.82) is 0 Å². The maximum absolute atomic E-state index is 11.6. The molecule has 0 saturated heterocycles. The molecule has 0 atom stereocenters. The lowest BCUT2D eigenvalue weighted by Crippen LogP contribution is -2.49. The minimum atomic E-state index is -1.06. The van der Waals surface area contributed by atoms with Crippen LogP contribution < -0.4 is 27.1 Å². The molecule has 0 aliphatic heterocycles. The van der Waals surface area contributed by atoms with Gasteiger partial charge in [0.05, 0.1) is 33.6 Å². The molecule has 27 heteroatoms. The monoisotopic (exact) mass is 1620 g/mol. The molecule has 575 valence electrons. The van der Waals surface area contributed by atoms with Gasteiger partial charge in [0.15, 0.2) is 0 Å². The van der Waals surface area contributed by atoms with Gasteiger partial charge >= 0.3 is 38.1 Å². The first-order valence-electron chi connectivity index (χ1n) is 33.4.